The molecule has 1 amide bonds. The zero-order chi connectivity index (χ0) is 18.4. The van der Waals surface area contributed by atoms with Crippen LogP contribution in [-0.4, -0.2) is 53.1 Å². The van der Waals surface area contributed by atoms with Gasteiger partial charge in [-0.05, 0) is 18.4 Å². The lowest BCUT2D eigenvalue weighted by Gasteiger charge is -2.21. The number of ether oxygens (including phenoxy) is 1. The van der Waals surface area contributed by atoms with Gasteiger partial charge in [0.15, 0.2) is 6.10 Å². The molecule has 0 bridgehead atoms. The van der Waals surface area contributed by atoms with Crippen molar-refractivity contribution < 1.29 is 19.7 Å². The summed E-state index contributed by atoms with van der Waals surface area (Å²) in [7, 11) is 0. The van der Waals surface area contributed by atoms with Crippen molar-refractivity contribution in [3.63, 3.8) is 0 Å². The predicted octanol–water partition coefficient (Wildman–Crippen LogP) is 1.10. The molecule has 1 aliphatic carbocycles. The number of aliphatic hydroxyl groups is 2. The zero-order valence-electron chi connectivity index (χ0n) is 15.1. The van der Waals surface area contributed by atoms with Crippen molar-refractivity contribution in [2.24, 2.45) is 0 Å². The summed E-state index contributed by atoms with van der Waals surface area (Å²) in [5, 5.41) is 26.7. The van der Waals surface area contributed by atoms with E-state index in [0.717, 1.165) is 18.4 Å². The second-order valence-electron chi connectivity index (χ2n) is 7.38. The van der Waals surface area contributed by atoms with Crippen LogP contribution in [0.1, 0.15) is 44.1 Å². The minimum Gasteiger partial charge on any atom is -0.388 e. The third-order valence-corrected chi connectivity index (χ3v) is 5.39. The lowest BCUT2D eigenvalue weighted by atomic mass is 10.1. The summed E-state index contributed by atoms with van der Waals surface area (Å²) < 4.78 is 5.68. The lowest BCUT2D eigenvalue weighted by molar-refractivity contribution is -0.135. The summed E-state index contributed by atoms with van der Waals surface area (Å²) >= 11 is 0. The Labute approximate surface area is 154 Å². The maximum atomic E-state index is 12.3. The van der Waals surface area contributed by atoms with E-state index in [-0.39, 0.29) is 0 Å². The highest BCUT2D eigenvalue weighted by Gasteiger charge is 2.46. The average molecular weight is 362 g/mol. The van der Waals surface area contributed by atoms with Gasteiger partial charge >= 0.3 is 0 Å². The van der Waals surface area contributed by atoms with E-state index in [1.54, 1.807) is 0 Å². The molecule has 1 saturated heterocycles. The van der Waals surface area contributed by atoms with Crippen LogP contribution < -0.4 is 10.6 Å². The number of hydrogen-bond acceptors (Lipinski definition) is 5. The molecule has 6 heteroatoms. The van der Waals surface area contributed by atoms with Crippen LogP contribution in [0.2, 0.25) is 0 Å². The molecule has 1 aromatic carbocycles. The Morgan fingerprint density at radius 3 is 2.42 bits per heavy atom. The van der Waals surface area contributed by atoms with Gasteiger partial charge in [-0.1, -0.05) is 56.0 Å². The quantitative estimate of drug-likeness (QED) is 0.569. The van der Waals surface area contributed by atoms with Crippen molar-refractivity contribution in [3.8, 4) is 0 Å². The largest absolute Gasteiger partial charge is 0.388 e. The van der Waals surface area contributed by atoms with Gasteiger partial charge in [0.05, 0.1) is 6.10 Å². The van der Waals surface area contributed by atoms with Gasteiger partial charge in [-0.15, -0.1) is 0 Å². The number of benzene rings is 1. The second-order valence-corrected chi connectivity index (χ2v) is 7.38. The topological polar surface area (TPSA) is 90.8 Å². The number of rotatable bonds is 6. The molecule has 0 aromatic heterocycles. The van der Waals surface area contributed by atoms with Gasteiger partial charge in [-0.25, -0.2) is 0 Å². The summed E-state index contributed by atoms with van der Waals surface area (Å²) in [6, 6.07) is 9.98. The zero-order valence-corrected chi connectivity index (χ0v) is 15.1. The fourth-order valence-corrected chi connectivity index (χ4v) is 3.79. The van der Waals surface area contributed by atoms with Gasteiger partial charge in [-0.2, -0.15) is 0 Å². The summed E-state index contributed by atoms with van der Waals surface area (Å²) in [5.41, 5.74) is 0.973. The van der Waals surface area contributed by atoms with Crippen LogP contribution in [-0.2, 0) is 16.1 Å². The molecule has 0 spiro atoms. The number of nitrogens with one attached hydrogen (secondary N) is 2. The van der Waals surface area contributed by atoms with E-state index >= 15 is 0 Å². The van der Waals surface area contributed by atoms with Gasteiger partial charge in [0.2, 0.25) is 0 Å². The maximum absolute atomic E-state index is 12.3. The first kappa shape index (κ1) is 19.3. The van der Waals surface area contributed by atoms with E-state index in [2.05, 4.69) is 10.6 Å². The molecule has 4 N–H and O–H groups in total. The standard InChI is InChI=1S/C20H30N2O4/c23-17-16(13-21-15-10-6-1-2-7-11-15)26-19(18(17)24)20(25)22-12-14-8-4-3-5-9-14/h3-5,8-9,15-19,21,23-24H,1-2,6-7,10-13H2,(H,22,25)/t16-,17-,18+,19+/m1/s1. The molecular formula is C20H30N2O4. The molecule has 2 fully saturated rings. The normalized spacial score (nSPS) is 30.1. The number of carbonyl (C=O) groups is 1. The van der Waals surface area contributed by atoms with Crippen LogP contribution in [0.5, 0.6) is 0 Å². The summed E-state index contributed by atoms with van der Waals surface area (Å²) in [6.07, 6.45) is 3.41. The molecule has 3 rings (SSSR count). The van der Waals surface area contributed by atoms with E-state index in [4.69, 9.17) is 4.74 Å². The van der Waals surface area contributed by atoms with Gasteiger partial charge < -0.3 is 25.6 Å². The third kappa shape index (κ3) is 5.04. The van der Waals surface area contributed by atoms with Crippen molar-refractivity contribution >= 4 is 5.91 Å². The number of hydrogen-bond donors (Lipinski definition) is 4. The fraction of sp³-hybridized carbons (Fsp3) is 0.650. The van der Waals surface area contributed by atoms with E-state index in [1.807, 2.05) is 30.3 Å². The first-order valence-electron chi connectivity index (χ1n) is 9.72. The van der Waals surface area contributed by atoms with Crippen molar-refractivity contribution in [1.29, 1.82) is 0 Å². The Hall–Kier alpha value is -1.47. The number of aliphatic hydroxyl groups excluding tert-OH is 2. The molecule has 2 aliphatic rings. The lowest BCUT2D eigenvalue weighted by Crippen LogP contribution is -2.43. The molecule has 0 radical (unpaired) electrons. The minimum absolute atomic E-state index is 0.368. The van der Waals surface area contributed by atoms with E-state index in [9.17, 15) is 15.0 Å². The van der Waals surface area contributed by atoms with Crippen LogP contribution in [0.15, 0.2) is 30.3 Å². The van der Waals surface area contributed by atoms with Crippen LogP contribution in [0, 0.1) is 0 Å². The average Bonchev–Trinajstić information content (AvgIpc) is 2.85. The molecule has 6 nitrogen and oxygen atoms in total. The van der Waals surface area contributed by atoms with E-state index in [0.29, 0.717) is 19.1 Å². The van der Waals surface area contributed by atoms with Crippen LogP contribution in [0.4, 0.5) is 0 Å². The summed E-state index contributed by atoms with van der Waals surface area (Å²) in [5.74, 6) is -0.391. The minimum atomic E-state index is -1.20. The van der Waals surface area contributed by atoms with Crippen molar-refractivity contribution in [2.45, 2.75) is 75.5 Å². The highest BCUT2D eigenvalue weighted by atomic mass is 16.5. The Balaban J connectivity index is 1.47. The molecule has 144 valence electrons. The first-order valence-corrected chi connectivity index (χ1v) is 9.72. The fourth-order valence-electron chi connectivity index (χ4n) is 3.79. The van der Waals surface area contributed by atoms with Gasteiger partial charge in [0, 0.05) is 19.1 Å². The van der Waals surface area contributed by atoms with Gasteiger partial charge in [0.25, 0.3) is 5.91 Å². The highest BCUT2D eigenvalue weighted by molar-refractivity contribution is 5.81. The predicted molar refractivity (Wildman–Crippen MR) is 98.5 cm³/mol. The summed E-state index contributed by atoms with van der Waals surface area (Å²) in [4.78, 5) is 12.3. The smallest absolute Gasteiger partial charge is 0.252 e. The van der Waals surface area contributed by atoms with Gasteiger partial charge in [0.1, 0.15) is 12.2 Å². The third-order valence-electron chi connectivity index (χ3n) is 5.39. The first-order chi connectivity index (χ1) is 12.6. The molecule has 1 aromatic rings. The van der Waals surface area contributed by atoms with Crippen LogP contribution in [0.3, 0.4) is 0 Å². The highest BCUT2D eigenvalue weighted by Crippen LogP contribution is 2.23. The van der Waals surface area contributed by atoms with E-state index < -0.39 is 30.3 Å². The monoisotopic (exact) mass is 362 g/mol. The molecule has 26 heavy (non-hydrogen) atoms. The molecule has 0 unspecified atom stereocenters. The second kappa shape index (κ2) is 9.46. The van der Waals surface area contributed by atoms with Crippen molar-refractivity contribution in [1.82, 2.24) is 10.6 Å². The van der Waals surface area contributed by atoms with Crippen molar-refractivity contribution in [3.05, 3.63) is 35.9 Å². The van der Waals surface area contributed by atoms with Gasteiger partial charge in [-0.3, -0.25) is 4.79 Å². The Morgan fingerprint density at radius 2 is 1.73 bits per heavy atom. The van der Waals surface area contributed by atoms with Crippen molar-refractivity contribution in [2.75, 3.05) is 6.54 Å². The Kier molecular flexibility index (Phi) is 7.02. The number of carbonyl (C=O) groups excluding carboxylic acids is 1. The van der Waals surface area contributed by atoms with E-state index in [1.165, 1.54) is 25.7 Å². The number of amides is 1. The molecule has 4 atom stereocenters. The molecule has 1 aliphatic heterocycles. The molecule has 1 heterocycles. The Bertz CT molecular complexity index is 560. The molecule has 1 saturated carbocycles. The van der Waals surface area contributed by atoms with Crippen LogP contribution in [0.25, 0.3) is 0 Å². The summed E-state index contributed by atoms with van der Waals surface area (Å²) in [6.45, 7) is 0.818. The molecular weight excluding hydrogens is 332 g/mol. The van der Waals surface area contributed by atoms with Crippen LogP contribution >= 0.6 is 0 Å². The Morgan fingerprint density at radius 1 is 1.04 bits per heavy atom. The SMILES string of the molecule is O=C(NCc1ccccc1)[C@H]1O[C@H](CNC2CCCCCC2)[C@@H](O)[C@@H]1O. The maximum Gasteiger partial charge on any atom is 0.252 e.